The summed E-state index contributed by atoms with van der Waals surface area (Å²) in [4.78, 5) is 23.6. The quantitative estimate of drug-likeness (QED) is 0.712. The Morgan fingerprint density at radius 2 is 2.00 bits per heavy atom. The van der Waals surface area contributed by atoms with Crippen molar-refractivity contribution in [2.45, 2.75) is 44.4 Å². The van der Waals surface area contributed by atoms with Crippen molar-refractivity contribution < 1.29 is 19.4 Å². The van der Waals surface area contributed by atoms with Crippen LogP contribution in [0.5, 0.6) is 0 Å². The van der Waals surface area contributed by atoms with Crippen LogP contribution in [0.1, 0.15) is 31.2 Å². The lowest BCUT2D eigenvalue weighted by Gasteiger charge is -2.31. The van der Waals surface area contributed by atoms with Crippen molar-refractivity contribution in [1.82, 2.24) is 10.6 Å². The molecule has 126 valence electrons. The molecule has 6 heteroatoms. The van der Waals surface area contributed by atoms with E-state index in [0.29, 0.717) is 12.3 Å². The third-order valence-electron chi connectivity index (χ3n) is 4.22. The maximum Gasteiger partial charge on any atom is 0.407 e. The van der Waals surface area contributed by atoms with Crippen LogP contribution in [0.4, 0.5) is 4.79 Å². The number of aliphatic hydroxyl groups is 1. The highest BCUT2D eigenvalue weighted by Crippen LogP contribution is 2.31. The van der Waals surface area contributed by atoms with Gasteiger partial charge in [0.15, 0.2) is 6.10 Å². The molecule has 2 amide bonds. The Labute approximate surface area is 136 Å². The maximum absolute atomic E-state index is 12.0. The number of benzene rings is 1. The zero-order chi connectivity index (χ0) is 16.7. The molecule has 0 saturated heterocycles. The first-order chi connectivity index (χ1) is 11.1. The summed E-state index contributed by atoms with van der Waals surface area (Å²) in [6, 6.07) is 8.70. The summed E-state index contributed by atoms with van der Waals surface area (Å²) in [6.07, 6.45) is 1.97. The predicted molar refractivity (Wildman–Crippen MR) is 85.6 cm³/mol. The highest BCUT2D eigenvalue weighted by molar-refractivity contribution is 5.81. The van der Waals surface area contributed by atoms with Gasteiger partial charge in [-0.3, -0.25) is 4.79 Å². The Balaban J connectivity index is 1.87. The molecule has 0 bridgehead atoms. The number of rotatable bonds is 7. The fraction of sp³-hybridized carbons (Fsp3) is 0.529. The Morgan fingerprint density at radius 3 is 2.57 bits per heavy atom. The minimum Gasteiger partial charge on any atom is -0.445 e. The van der Waals surface area contributed by atoms with Crippen LogP contribution >= 0.6 is 0 Å². The number of hydrogen-bond donors (Lipinski definition) is 3. The Bertz CT molecular complexity index is 517. The molecule has 1 aliphatic rings. The molecule has 23 heavy (non-hydrogen) atoms. The number of likely N-dealkylation sites (N-methyl/N-ethyl adjacent to an activating group) is 1. The van der Waals surface area contributed by atoms with E-state index in [9.17, 15) is 14.7 Å². The molecule has 1 aromatic carbocycles. The average molecular weight is 320 g/mol. The van der Waals surface area contributed by atoms with E-state index in [1.807, 2.05) is 30.3 Å². The third-order valence-corrected chi connectivity index (χ3v) is 4.22. The van der Waals surface area contributed by atoms with Gasteiger partial charge in [-0.2, -0.15) is 0 Å². The van der Waals surface area contributed by atoms with Gasteiger partial charge in [0.05, 0.1) is 6.04 Å². The average Bonchev–Trinajstić information content (AvgIpc) is 2.54. The summed E-state index contributed by atoms with van der Waals surface area (Å²) in [5.74, 6) is -0.0635. The van der Waals surface area contributed by atoms with Gasteiger partial charge in [-0.1, -0.05) is 49.6 Å². The molecule has 6 nitrogen and oxygen atoms in total. The van der Waals surface area contributed by atoms with Crippen molar-refractivity contribution in [3.8, 4) is 0 Å². The van der Waals surface area contributed by atoms with Crippen LogP contribution in [-0.4, -0.2) is 36.3 Å². The smallest absolute Gasteiger partial charge is 0.407 e. The number of amides is 2. The molecule has 2 rings (SSSR count). The summed E-state index contributed by atoms with van der Waals surface area (Å²) in [5.41, 5.74) is 0.880. The lowest BCUT2D eigenvalue weighted by molar-refractivity contribution is -0.130. The number of aliphatic hydroxyl groups excluding tert-OH is 1. The van der Waals surface area contributed by atoms with Gasteiger partial charge in [-0.15, -0.1) is 0 Å². The second kappa shape index (κ2) is 8.53. The van der Waals surface area contributed by atoms with Crippen LogP contribution in [-0.2, 0) is 16.1 Å². The van der Waals surface area contributed by atoms with Gasteiger partial charge in [0.1, 0.15) is 6.61 Å². The summed E-state index contributed by atoms with van der Waals surface area (Å²) >= 11 is 0. The molecule has 0 unspecified atom stereocenters. The van der Waals surface area contributed by atoms with Crippen LogP contribution in [0.2, 0.25) is 0 Å². The van der Waals surface area contributed by atoms with Crippen molar-refractivity contribution in [2.24, 2.45) is 5.92 Å². The lowest BCUT2D eigenvalue weighted by atomic mass is 9.80. The Morgan fingerprint density at radius 1 is 1.30 bits per heavy atom. The monoisotopic (exact) mass is 320 g/mol. The minimum atomic E-state index is -1.27. The van der Waals surface area contributed by atoms with Gasteiger partial charge in [0, 0.05) is 7.05 Å². The highest BCUT2D eigenvalue weighted by Gasteiger charge is 2.31. The van der Waals surface area contributed by atoms with Crippen LogP contribution in [0, 0.1) is 5.92 Å². The fourth-order valence-corrected chi connectivity index (χ4v) is 2.60. The molecule has 1 fully saturated rings. The zero-order valence-corrected chi connectivity index (χ0v) is 13.3. The standard InChI is InChI=1S/C17H24N2O4/c1-18-16(21)15(20)14(10-12-8-5-9-12)19-17(22)23-11-13-6-3-2-4-7-13/h2-4,6-7,12,14-15,20H,5,8-11H2,1H3,(H,18,21)(H,19,22)/t14-,15+/m1/s1. The van der Waals surface area contributed by atoms with Crippen molar-refractivity contribution in [1.29, 1.82) is 0 Å². The van der Waals surface area contributed by atoms with Crippen LogP contribution in [0.3, 0.4) is 0 Å². The van der Waals surface area contributed by atoms with Crippen LogP contribution < -0.4 is 10.6 Å². The van der Waals surface area contributed by atoms with Crippen LogP contribution in [0.15, 0.2) is 30.3 Å². The van der Waals surface area contributed by atoms with Crippen molar-refractivity contribution >= 4 is 12.0 Å². The van der Waals surface area contributed by atoms with Crippen LogP contribution in [0.25, 0.3) is 0 Å². The second-order valence-electron chi connectivity index (χ2n) is 5.90. The molecule has 3 N–H and O–H groups in total. The summed E-state index contributed by atoms with van der Waals surface area (Å²) < 4.78 is 5.16. The topological polar surface area (TPSA) is 87.7 Å². The van der Waals surface area contributed by atoms with Gasteiger partial charge in [0.25, 0.3) is 5.91 Å². The summed E-state index contributed by atoms with van der Waals surface area (Å²) in [7, 11) is 1.46. The molecule has 0 heterocycles. The molecular weight excluding hydrogens is 296 g/mol. The Kier molecular flexibility index (Phi) is 6.40. The third kappa shape index (κ3) is 5.25. The first-order valence-corrected chi connectivity index (χ1v) is 7.97. The van der Waals surface area contributed by atoms with E-state index in [0.717, 1.165) is 24.8 Å². The van der Waals surface area contributed by atoms with E-state index in [4.69, 9.17) is 4.74 Å². The van der Waals surface area contributed by atoms with Gasteiger partial charge >= 0.3 is 6.09 Å². The lowest BCUT2D eigenvalue weighted by Crippen LogP contribution is -2.51. The molecular formula is C17H24N2O4. The number of alkyl carbamates (subject to hydrolysis) is 1. The molecule has 1 aromatic rings. The van der Waals surface area contributed by atoms with Gasteiger partial charge in [-0.05, 0) is 17.9 Å². The number of nitrogens with one attached hydrogen (secondary N) is 2. The maximum atomic E-state index is 12.0. The number of hydrogen-bond acceptors (Lipinski definition) is 4. The van der Waals surface area contributed by atoms with Gasteiger partial charge in [0.2, 0.25) is 0 Å². The summed E-state index contributed by atoms with van der Waals surface area (Å²) in [6.45, 7) is 0.152. The van der Waals surface area contributed by atoms with E-state index < -0.39 is 24.1 Å². The van der Waals surface area contributed by atoms with Gasteiger partial charge in [-0.25, -0.2) is 4.79 Å². The number of carbonyl (C=O) groups excluding carboxylic acids is 2. The van der Waals surface area contributed by atoms with Crippen molar-refractivity contribution in [3.05, 3.63) is 35.9 Å². The summed E-state index contributed by atoms with van der Waals surface area (Å²) in [5, 5.41) is 15.1. The van der Waals surface area contributed by atoms with E-state index in [1.54, 1.807) is 0 Å². The largest absolute Gasteiger partial charge is 0.445 e. The normalized spacial score (nSPS) is 16.8. The number of ether oxygens (including phenoxy) is 1. The first-order valence-electron chi connectivity index (χ1n) is 7.97. The molecule has 0 aliphatic heterocycles. The highest BCUT2D eigenvalue weighted by atomic mass is 16.5. The molecule has 0 radical (unpaired) electrons. The van der Waals surface area contributed by atoms with E-state index in [-0.39, 0.29) is 6.61 Å². The second-order valence-corrected chi connectivity index (χ2v) is 5.90. The molecule has 1 aliphatic carbocycles. The molecule has 0 spiro atoms. The van der Waals surface area contributed by atoms with E-state index in [2.05, 4.69) is 10.6 Å². The number of carbonyl (C=O) groups is 2. The van der Waals surface area contributed by atoms with Gasteiger partial charge < -0.3 is 20.5 Å². The first kappa shape index (κ1) is 17.3. The van der Waals surface area contributed by atoms with Crippen molar-refractivity contribution in [2.75, 3.05) is 7.05 Å². The minimum absolute atomic E-state index is 0.152. The predicted octanol–water partition coefficient (Wildman–Crippen LogP) is 1.58. The SMILES string of the molecule is CNC(=O)[C@@H](O)[C@@H](CC1CCC1)NC(=O)OCc1ccccc1. The molecule has 2 atom stereocenters. The van der Waals surface area contributed by atoms with E-state index in [1.165, 1.54) is 7.05 Å². The molecule has 1 saturated carbocycles. The zero-order valence-electron chi connectivity index (χ0n) is 13.3. The van der Waals surface area contributed by atoms with Crippen molar-refractivity contribution in [3.63, 3.8) is 0 Å². The van der Waals surface area contributed by atoms with E-state index >= 15 is 0 Å². The Hall–Kier alpha value is -2.08. The molecule has 0 aromatic heterocycles. The fourth-order valence-electron chi connectivity index (χ4n) is 2.60.